The number of aliphatic imine (C=N–C) groups is 1. The summed E-state index contributed by atoms with van der Waals surface area (Å²) < 4.78 is 2.05. The Balaban J connectivity index is 1.75. The minimum atomic E-state index is 0.544. The van der Waals surface area contributed by atoms with Gasteiger partial charge in [0.1, 0.15) is 0 Å². The number of rotatable bonds is 8. The quantitative estimate of drug-likeness (QED) is 0.580. The van der Waals surface area contributed by atoms with Crippen molar-refractivity contribution in [2.45, 2.75) is 26.8 Å². The van der Waals surface area contributed by atoms with E-state index < -0.39 is 0 Å². The molecule has 0 aliphatic rings. The van der Waals surface area contributed by atoms with Gasteiger partial charge in [0.15, 0.2) is 5.96 Å². The van der Waals surface area contributed by atoms with Gasteiger partial charge in [-0.25, -0.2) is 4.98 Å². The first kappa shape index (κ1) is 16.5. The van der Waals surface area contributed by atoms with Crippen molar-refractivity contribution >= 4 is 17.3 Å². The molecule has 0 bridgehead atoms. The van der Waals surface area contributed by atoms with Crippen molar-refractivity contribution in [1.82, 2.24) is 20.2 Å². The van der Waals surface area contributed by atoms with Crippen molar-refractivity contribution in [3.8, 4) is 0 Å². The smallest absolute Gasteiger partial charge is 0.191 e. The predicted octanol–water partition coefficient (Wildman–Crippen LogP) is 2.38. The largest absolute Gasteiger partial charge is 0.357 e. The van der Waals surface area contributed by atoms with Gasteiger partial charge in [-0.1, -0.05) is 13.0 Å². The normalized spacial score (nSPS) is 13.1. The van der Waals surface area contributed by atoms with Crippen LogP contribution < -0.4 is 10.6 Å². The van der Waals surface area contributed by atoms with Gasteiger partial charge >= 0.3 is 0 Å². The van der Waals surface area contributed by atoms with Crippen molar-refractivity contribution in [1.29, 1.82) is 0 Å². The molecule has 5 nitrogen and oxygen atoms in total. The lowest BCUT2D eigenvalue weighted by Crippen LogP contribution is -2.39. The molecule has 2 aromatic rings. The summed E-state index contributed by atoms with van der Waals surface area (Å²) in [6.07, 6.45) is 6.69. The lowest BCUT2D eigenvalue weighted by atomic mass is 10.1. The van der Waals surface area contributed by atoms with Crippen LogP contribution in [-0.2, 0) is 13.0 Å². The van der Waals surface area contributed by atoms with Crippen LogP contribution in [0.15, 0.2) is 41.2 Å². The Morgan fingerprint density at radius 1 is 1.45 bits per heavy atom. The zero-order valence-corrected chi connectivity index (χ0v) is 14.1. The Morgan fingerprint density at radius 2 is 2.36 bits per heavy atom. The number of aromatic nitrogens is 2. The SMILES string of the molecule is CCNC(=NCC(C)Cc1cccs1)NCCn1ccnc1. The summed E-state index contributed by atoms with van der Waals surface area (Å²) in [4.78, 5) is 10.2. The maximum Gasteiger partial charge on any atom is 0.191 e. The van der Waals surface area contributed by atoms with Gasteiger partial charge < -0.3 is 15.2 Å². The fourth-order valence-corrected chi connectivity index (χ4v) is 3.02. The molecular weight excluding hydrogens is 294 g/mol. The molecule has 0 aromatic carbocycles. The predicted molar refractivity (Wildman–Crippen MR) is 93.4 cm³/mol. The third-order valence-corrected chi connectivity index (χ3v) is 4.16. The molecule has 0 aliphatic carbocycles. The average molecular weight is 319 g/mol. The van der Waals surface area contributed by atoms with E-state index in [1.807, 2.05) is 23.9 Å². The summed E-state index contributed by atoms with van der Waals surface area (Å²) in [5.41, 5.74) is 0. The fourth-order valence-electron chi connectivity index (χ4n) is 2.15. The van der Waals surface area contributed by atoms with Crippen LogP contribution in [0.25, 0.3) is 0 Å². The van der Waals surface area contributed by atoms with Gasteiger partial charge in [0, 0.05) is 43.4 Å². The molecule has 0 saturated heterocycles. The minimum absolute atomic E-state index is 0.544. The van der Waals surface area contributed by atoms with E-state index in [0.717, 1.165) is 38.6 Å². The molecule has 2 rings (SSSR count). The summed E-state index contributed by atoms with van der Waals surface area (Å²) in [6, 6.07) is 4.30. The van der Waals surface area contributed by atoms with Crippen LogP contribution in [0.4, 0.5) is 0 Å². The van der Waals surface area contributed by atoms with Crippen LogP contribution >= 0.6 is 11.3 Å². The molecule has 2 aromatic heterocycles. The van der Waals surface area contributed by atoms with Crippen LogP contribution in [0.3, 0.4) is 0 Å². The van der Waals surface area contributed by atoms with E-state index >= 15 is 0 Å². The van der Waals surface area contributed by atoms with E-state index in [1.165, 1.54) is 4.88 Å². The number of imidazole rings is 1. The fraction of sp³-hybridized carbons (Fsp3) is 0.500. The number of hydrogen-bond acceptors (Lipinski definition) is 3. The highest BCUT2D eigenvalue weighted by Crippen LogP contribution is 2.14. The first-order valence-corrected chi connectivity index (χ1v) is 8.66. The van der Waals surface area contributed by atoms with Crippen LogP contribution in [-0.4, -0.2) is 35.1 Å². The third kappa shape index (κ3) is 5.89. The van der Waals surface area contributed by atoms with E-state index in [0.29, 0.717) is 5.92 Å². The number of guanidine groups is 1. The maximum absolute atomic E-state index is 4.69. The Hall–Kier alpha value is -1.82. The second-order valence-electron chi connectivity index (χ2n) is 5.34. The molecule has 22 heavy (non-hydrogen) atoms. The second-order valence-corrected chi connectivity index (χ2v) is 6.37. The van der Waals surface area contributed by atoms with Gasteiger partial charge in [0.05, 0.1) is 6.33 Å². The summed E-state index contributed by atoms with van der Waals surface area (Å²) >= 11 is 1.82. The average Bonchev–Trinajstić information content (AvgIpc) is 3.18. The van der Waals surface area contributed by atoms with Crippen molar-refractivity contribution in [3.63, 3.8) is 0 Å². The van der Waals surface area contributed by atoms with Crippen LogP contribution in [0.2, 0.25) is 0 Å². The minimum Gasteiger partial charge on any atom is -0.357 e. The van der Waals surface area contributed by atoms with E-state index in [-0.39, 0.29) is 0 Å². The molecule has 0 radical (unpaired) electrons. The van der Waals surface area contributed by atoms with Crippen molar-refractivity contribution in [2.75, 3.05) is 19.6 Å². The molecule has 120 valence electrons. The van der Waals surface area contributed by atoms with Crippen molar-refractivity contribution in [3.05, 3.63) is 41.1 Å². The zero-order chi connectivity index (χ0) is 15.6. The van der Waals surface area contributed by atoms with E-state index in [2.05, 4.69) is 56.5 Å². The van der Waals surface area contributed by atoms with Crippen LogP contribution in [0, 0.1) is 5.92 Å². The number of thiophene rings is 1. The van der Waals surface area contributed by atoms with Gasteiger partial charge in [-0.3, -0.25) is 4.99 Å². The molecule has 0 amide bonds. The number of nitrogens with zero attached hydrogens (tertiary/aromatic N) is 3. The Labute approximate surface area is 136 Å². The van der Waals surface area contributed by atoms with E-state index in [1.54, 1.807) is 6.20 Å². The first-order chi connectivity index (χ1) is 10.8. The lowest BCUT2D eigenvalue weighted by Gasteiger charge is -2.13. The Morgan fingerprint density at radius 3 is 3.05 bits per heavy atom. The highest BCUT2D eigenvalue weighted by atomic mass is 32.1. The van der Waals surface area contributed by atoms with Gasteiger partial charge in [-0.05, 0) is 30.7 Å². The second kappa shape index (κ2) is 9.25. The topological polar surface area (TPSA) is 54.2 Å². The highest BCUT2D eigenvalue weighted by Gasteiger charge is 2.05. The highest BCUT2D eigenvalue weighted by molar-refractivity contribution is 7.09. The monoisotopic (exact) mass is 319 g/mol. The van der Waals surface area contributed by atoms with Crippen LogP contribution in [0.1, 0.15) is 18.7 Å². The molecule has 0 fully saturated rings. The van der Waals surface area contributed by atoms with Crippen molar-refractivity contribution < 1.29 is 0 Å². The Kier molecular flexibility index (Phi) is 6.96. The molecule has 1 atom stereocenters. The molecule has 0 spiro atoms. The van der Waals surface area contributed by atoms with Gasteiger partial charge in [-0.15, -0.1) is 11.3 Å². The lowest BCUT2D eigenvalue weighted by molar-refractivity contribution is 0.592. The van der Waals surface area contributed by atoms with Crippen molar-refractivity contribution in [2.24, 2.45) is 10.9 Å². The van der Waals surface area contributed by atoms with Gasteiger partial charge in [0.2, 0.25) is 0 Å². The summed E-state index contributed by atoms with van der Waals surface area (Å²) in [6.45, 7) is 7.76. The summed E-state index contributed by atoms with van der Waals surface area (Å²) in [5, 5.41) is 8.79. The molecule has 2 N–H and O–H groups in total. The van der Waals surface area contributed by atoms with E-state index in [4.69, 9.17) is 0 Å². The van der Waals surface area contributed by atoms with Crippen LogP contribution in [0.5, 0.6) is 0 Å². The summed E-state index contributed by atoms with van der Waals surface area (Å²) in [5.74, 6) is 1.43. The van der Waals surface area contributed by atoms with Gasteiger partial charge in [0.25, 0.3) is 0 Å². The first-order valence-electron chi connectivity index (χ1n) is 7.78. The molecule has 0 aliphatic heterocycles. The molecule has 1 unspecified atom stereocenters. The standard InChI is InChI=1S/C16H25N5S/c1-3-18-16(19-7-9-21-8-6-17-13-21)20-12-14(2)11-15-5-4-10-22-15/h4-6,8,10,13-14H,3,7,9,11-12H2,1-2H3,(H2,18,19,20). The molecule has 2 heterocycles. The van der Waals surface area contributed by atoms with E-state index in [9.17, 15) is 0 Å². The van der Waals surface area contributed by atoms with Gasteiger partial charge in [-0.2, -0.15) is 0 Å². The zero-order valence-electron chi connectivity index (χ0n) is 13.3. The number of hydrogen-bond donors (Lipinski definition) is 2. The molecule has 6 heteroatoms. The molecule has 0 saturated carbocycles. The summed E-state index contributed by atoms with van der Waals surface area (Å²) in [7, 11) is 0. The Bertz CT molecular complexity index is 533. The molecular formula is C16H25N5S. The number of nitrogens with one attached hydrogen (secondary N) is 2. The third-order valence-electron chi connectivity index (χ3n) is 3.26. The maximum atomic E-state index is 4.69.